The molecule has 0 bridgehead atoms. The molecular weight excluding hydrogens is 204 g/mol. The molecule has 0 amide bonds. The maximum Gasteiger partial charge on any atom is 0.300 e. The van der Waals surface area contributed by atoms with Gasteiger partial charge >= 0.3 is 0 Å². The summed E-state index contributed by atoms with van der Waals surface area (Å²) in [5.74, 6) is -0.497. The Labute approximate surface area is 96.1 Å². The molecule has 0 aliphatic heterocycles. The molecule has 0 aliphatic carbocycles. The molecule has 0 aromatic heterocycles. The number of hydrogen-bond acceptors (Lipinski definition) is 2. The standard InChI is InChI=1S/C11H14O.C2H4O2/c1-2-6-11(12)9-10-7-4-3-5-8-10;1-2(3)4/h3-5,7-8H,2,6,9H2,1H3;1H3,(H,3,4). The van der Waals surface area contributed by atoms with E-state index in [4.69, 9.17) is 9.90 Å². The Balaban J connectivity index is 0.000000487. The molecule has 0 unspecified atom stereocenters. The highest BCUT2D eigenvalue weighted by molar-refractivity contribution is 5.80. The number of carbonyl (C=O) groups excluding carboxylic acids is 1. The zero-order valence-electron chi connectivity index (χ0n) is 9.77. The fraction of sp³-hybridized carbons (Fsp3) is 0.385. The summed E-state index contributed by atoms with van der Waals surface area (Å²) in [5.41, 5.74) is 1.12. The van der Waals surface area contributed by atoms with Gasteiger partial charge in [0.15, 0.2) is 0 Å². The Morgan fingerprint density at radius 3 is 2.12 bits per heavy atom. The van der Waals surface area contributed by atoms with E-state index in [1.54, 1.807) is 0 Å². The van der Waals surface area contributed by atoms with Crippen molar-refractivity contribution < 1.29 is 14.7 Å². The molecule has 16 heavy (non-hydrogen) atoms. The molecule has 0 saturated heterocycles. The molecule has 0 radical (unpaired) electrons. The quantitative estimate of drug-likeness (QED) is 0.852. The van der Waals surface area contributed by atoms with Crippen LogP contribution in [0.5, 0.6) is 0 Å². The summed E-state index contributed by atoms with van der Waals surface area (Å²) in [6.45, 7) is 3.11. The van der Waals surface area contributed by atoms with Gasteiger partial charge in [0.2, 0.25) is 0 Å². The van der Waals surface area contributed by atoms with Crippen molar-refractivity contribution in [1.82, 2.24) is 0 Å². The molecule has 0 atom stereocenters. The van der Waals surface area contributed by atoms with Crippen molar-refractivity contribution in [3.05, 3.63) is 35.9 Å². The summed E-state index contributed by atoms with van der Waals surface area (Å²) < 4.78 is 0. The number of carboxylic acid groups (broad SMARTS) is 1. The molecule has 1 rings (SSSR count). The molecule has 0 aliphatic rings. The Hall–Kier alpha value is -1.64. The minimum atomic E-state index is -0.833. The van der Waals surface area contributed by atoms with Gasteiger partial charge < -0.3 is 5.11 Å². The van der Waals surface area contributed by atoms with E-state index in [0.29, 0.717) is 18.6 Å². The van der Waals surface area contributed by atoms with E-state index in [9.17, 15) is 4.79 Å². The summed E-state index contributed by atoms with van der Waals surface area (Å²) >= 11 is 0. The number of carbonyl (C=O) groups is 2. The fourth-order valence-corrected chi connectivity index (χ4v) is 1.19. The topological polar surface area (TPSA) is 54.4 Å². The van der Waals surface area contributed by atoms with Crippen molar-refractivity contribution in [3.8, 4) is 0 Å². The number of carboxylic acids is 1. The van der Waals surface area contributed by atoms with Crippen LogP contribution in [0.3, 0.4) is 0 Å². The molecule has 0 heterocycles. The minimum Gasteiger partial charge on any atom is -0.481 e. The van der Waals surface area contributed by atoms with Gasteiger partial charge in [0.25, 0.3) is 5.97 Å². The zero-order chi connectivity index (χ0) is 12.4. The number of benzene rings is 1. The average Bonchev–Trinajstić information content (AvgIpc) is 2.18. The molecule has 1 aromatic rings. The average molecular weight is 222 g/mol. The van der Waals surface area contributed by atoms with Crippen LogP contribution < -0.4 is 0 Å². The van der Waals surface area contributed by atoms with E-state index in [1.807, 2.05) is 37.3 Å². The van der Waals surface area contributed by atoms with Crippen LogP contribution >= 0.6 is 0 Å². The van der Waals surface area contributed by atoms with E-state index in [2.05, 4.69) is 0 Å². The fourth-order valence-electron chi connectivity index (χ4n) is 1.19. The highest BCUT2D eigenvalue weighted by atomic mass is 16.4. The van der Waals surface area contributed by atoms with Crippen LogP contribution in [0.25, 0.3) is 0 Å². The molecule has 0 spiro atoms. The normalized spacial score (nSPS) is 8.88. The van der Waals surface area contributed by atoms with Gasteiger partial charge in [-0.1, -0.05) is 37.3 Å². The molecule has 1 aromatic carbocycles. The van der Waals surface area contributed by atoms with Crippen LogP contribution in [-0.2, 0) is 16.0 Å². The van der Waals surface area contributed by atoms with Gasteiger partial charge in [0.1, 0.15) is 5.78 Å². The van der Waals surface area contributed by atoms with Gasteiger partial charge in [-0.05, 0) is 12.0 Å². The van der Waals surface area contributed by atoms with Gasteiger partial charge in [0.05, 0.1) is 0 Å². The van der Waals surface area contributed by atoms with Crippen molar-refractivity contribution in [2.75, 3.05) is 0 Å². The first-order valence-corrected chi connectivity index (χ1v) is 5.31. The third-order valence-corrected chi connectivity index (χ3v) is 1.77. The number of ketones is 1. The van der Waals surface area contributed by atoms with E-state index >= 15 is 0 Å². The first-order valence-electron chi connectivity index (χ1n) is 5.31. The van der Waals surface area contributed by atoms with E-state index in [1.165, 1.54) is 0 Å². The highest BCUT2D eigenvalue weighted by Gasteiger charge is 2.00. The summed E-state index contributed by atoms with van der Waals surface area (Å²) in [6, 6.07) is 9.89. The third kappa shape index (κ3) is 8.94. The Kier molecular flexibility index (Phi) is 7.76. The molecule has 1 N–H and O–H groups in total. The van der Waals surface area contributed by atoms with E-state index < -0.39 is 5.97 Å². The Bertz CT molecular complexity index is 313. The summed E-state index contributed by atoms with van der Waals surface area (Å²) in [6.07, 6.45) is 2.25. The summed E-state index contributed by atoms with van der Waals surface area (Å²) in [4.78, 5) is 20.2. The smallest absolute Gasteiger partial charge is 0.300 e. The molecule has 0 fully saturated rings. The summed E-state index contributed by atoms with van der Waals surface area (Å²) in [7, 11) is 0. The molecule has 3 heteroatoms. The van der Waals surface area contributed by atoms with Crippen molar-refractivity contribution in [3.63, 3.8) is 0 Å². The lowest BCUT2D eigenvalue weighted by molar-refractivity contribution is -0.134. The molecule has 0 saturated carbocycles. The minimum absolute atomic E-state index is 0.337. The van der Waals surface area contributed by atoms with Crippen LogP contribution in [0.15, 0.2) is 30.3 Å². The van der Waals surface area contributed by atoms with Crippen LogP contribution in [0.1, 0.15) is 32.3 Å². The van der Waals surface area contributed by atoms with Gasteiger partial charge in [0, 0.05) is 19.8 Å². The number of aliphatic carboxylic acids is 1. The van der Waals surface area contributed by atoms with Crippen molar-refractivity contribution >= 4 is 11.8 Å². The predicted molar refractivity (Wildman–Crippen MR) is 63.4 cm³/mol. The summed E-state index contributed by atoms with van der Waals surface area (Å²) in [5, 5.41) is 7.42. The molecule has 3 nitrogen and oxygen atoms in total. The lowest BCUT2D eigenvalue weighted by Crippen LogP contribution is -2.00. The number of Topliss-reactive ketones (excluding diaryl/α,β-unsaturated/α-hetero) is 1. The van der Waals surface area contributed by atoms with Gasteiger partial charge in [-0.15, -0.1) is 0 Å². The monoisotopic (exact) mass is 222 g/mol. The Morgan fingerprint density at radius 2 is 1.69 bits per heavy atom. The molecular formula is C13H18O3. The Morgan fingerprint density at radius 1 is 1.19 bits per heavy atom. The predicted octanol–water partition coefficient (Wildman–Crippen LogP) is 2.69. The van der Waals surface area contributed by atoms with Gasteiger partial charge in [-0.2, -0.15) is 0 Å². The lowest BCUT2D eigenvalue weighted by Gasteiger charge is -1.98. The molecule has 88 valence electrons. The number of rotatable bonds is 4. The van der Waals surface area contributed by atoms with E-state index in [-0.39, 0.29) is 0 Å². The van der Waals surface area contributed by atoms with Gasteiger partial charge in [-0.25, -0.2) is 0 Å². The highest BCUT2D eigenvalue weighted by Crippen LogP contribution is 2.02. The largest absolute Gasteiger partial charge is 0.481 e. The van der Waals surface area contributed by atoms with Crippen LogP contribution in [0.4, 0.5) is 0 Å². The van der Waals surface area contributed by atoms with Crippen LogP contribution in [0.2, 0.25) is 0 Å². The second-order valence-electron chi connectivity index (χ2n) is 3.47. The van der Waals surface area contributed by atoms with Crippen molar-refractivity contribution in [1.29, 1.82) is 0 Å². The maximum atomic E-state index is 11.2. The lowest BCUT2D eigenvalue weighted by atomic mass is 10.1. The third-order valence-electron chi connectivity index (χ3n) is 1.77. The van der Waals surface area contributed by atoms with E-state index in [0.717, 1.165) is 18.9 Å². The maximum absolute atomic E-state index is 11.2. The zero-order valence-corrected chi connectivity index (χ0v) is 9.77. The van der Waals surface area contributed by atoms with Crippen LogP contribution in [-0.4, -0.2) is 16.9 Å². The van der Waals surface area contributed by atoms with Crippen molar-refractivity contribution in [2.45, 2.75) is 33.1 Å². The number of hydrogen-bond donors (Lipinski definition) is 1. The van der Waals surface area contributed by atoms with Crippen LogP contribution in [0, 0.1) is 0 Å². The second kappa shape index (κ2) is 8.65. The second-order valence-corrected chi connectivity index (χ2v) is 3.47. The van der Waals surface area contributed by atoms with Gasteiger partial charge in [-0.3, -0.25) is 9.59 Å². The SMILES string of the molecule is CC(=O)O.CCCC(=O)Cc1ccccc1. The first-order chi connectivity index (χ1) is 7.56. The van der Waals surface area contributed by atoms with Crippen molar-refractivity contribution in [2.24, 2.45) is 0 Å². The first kappa shape index (κ1) is 14.4.